The van der Waals surface area contributed by atoms with Crippen LogP contribution in [0.15, 0.2) is 24.3 Å². The fourth-order valence-corrected chi connectivity index (χ4v) is 3.10. The average Bonchev–Trinajstić information content (AvgIpc) is 3.08. The molecule has 2 N–H and O–H groups in total. The number of aliphatic hydroxyl groups excluding tert-OH is 1. The van der Waals surface area contributed by atoms with Crippen molar-refractivity contribution in [2.45, 2.75) is 38.1 Å². The number of β-amino-alcohol motifs (C(OH)–C–C–N with tert-alkyl or cyclic N) is 1. The van der Waals surface area contributed by atoms with E-state index < -0.39 is 0 Å². The Kier molecular flexibility index (Phi) is 7.13. The summed E-state index contributed by atoms with van der Waals surface area (Å²) in [6, 6.07) is 7.10. The number of halogens is 1. The van der Waals surface area contributed by atoms with Gasteiger partial charge >= 0.3 is 0 Å². The molecule has 0 spiro atoms. The molecule has 0 saturated carbocycles. The maximum absolute atomic E-state index is 13.2. The van der Waals surface area contributed by atoms with Crippen molar-refractivity contribution in [2.75, 3.05) is 32.8 Å². The molecule has 1 aromatic carbocycles. The number of hydrogen-bond acceptors (Lipinski definition) is 3. The summed E-state index contributed by atoms with van der Waals surface area (Å²) in [7, 11) is 0. The molecule has 2 aliphatic heterocycles. The molecule has 0 bridgehead atoms. The Labute approximate surface area is 127 Å². The molecule has 2 heterocycles. The molecule has 0 amide bonds. The van der Waals surface area contributed by atoms with Crippen LogP contribution in [0.1, 0.15) is 43.7 Å². The van der Waals surface area contributed by atoms with Crippen LogP contribution in [-0.4, -0.2) is 42.8 Å². The molecule has 1 aromatic rings. The van der Waals surface area contributed by atoms with Gasteiger partial charge in [0, 0.05) is 12.6 Å². The van der Waals surface area contributed by atoms with Crippen molar-refractivity contribution in [1.82, 2.24) is 10.2 Å². The molecule has 1 unspecified atom stereocenters. The van der Waals surface area contributed by atoms with Crippen LogP contribution < -0.4 is 5.32 Å². The van der Waals surface area contributed by atoms with E-state index in [0.717, 1.165) is 18.5 Å². The quantitative estimate of drug-likeness (QED) is 0.900. The van der Waals surface area contributed by atoms with Crippen molar-refractivity contribution in [3.8, 4) is 0 Å². The summed E-state index contributed by atoms with van der Waals surface area (Å²) in [6.45, 7) is 4.36. The molecule has 2 aliphatic rings. The van der Waals surface area contributed by atoms with Gasteiger partial charge in [-0.2, -0.15) is 0 Å². The van der Waals surface area contributed by atoms with Crippen molar-refractivity contribution in [2.24, 2.45) is 0 Å². The lowest BCUT2D eigenvalue weighted by Crippen LogP contribution is -2.35. The number of aliphatic hydroxyl groups is 1. The zero-order chi connectivity index (χ0) is 14.9. The second-order valence-electron chi connectivity index (χ2n) is 5.78. The highest BCUT2D eigenvalue weighted by molar-refractivity contribution is 5.20. The summed E-state index contributed by atoms with van der Waals surface area (Å²) in [6.07, 6.45) is 6.19. The van der Waals surface area contributed by atoms with Gasteiger partial charge < -0.3 is 10.4 Å². The third-order valence-electron chi connectivity index (χ3n) is 4.19. The van der Waals surface area contributed by atoms with Gasteiger partial charge in [-0.05, 0) is 63.0 Å². The number of nitrogens with one attached hydrogen (secondary N) is 1. The Balaban J connectivity index is 0.000000272. The Morgan fingerprint density at radius 3 is 2.62 bits per heavy atom. The van der Waals surface area contributed by atoms with Crippen molar-refractivity contribution in [3.63, 3.8) is 0 Å². The lowest BCUT2D eigenvalue weighted by molar-refractivity contribution is 0.117. The van der Waals surface area contributed by atoms with Crippen LogP contribution >= 0.6 is 0 Å². The molecule has 21 heavy (non-hydrogen) atoms. The fraction of sp³-hybridized carbons (Fsp3) is 0.647. The third kappa shape index (κ3) is 5.38. The highest BCUT2D eigenvalue weighted by Crippen LogP contribution is 2.30. The first-order valence-corrected chi connectivity index (χ1v) is 8.12. The van der Waals surface area contributed by atoms with Crippen LogP contribution in [0.3, 0.4) is 0 Å². The lowest BCUT2D eigenvalue weighted by atomic mass is 9.95. The van der Waals surface area contributed by atoms with Gasteiger partial charge in [0.1, 0.15) is 5.82 Å². The van der Waals surface area contributed by atoms with Crippen LogP contribution in [0.5, 0.6) is 0 Å². The van der Waals surface area contributed by atoms with Crippen LogP contribution in [0, 0.1) is 5.82 Å². The predicted octanol–water partition coefficient (Wildman–Crippen LogP) is 2.71. The predicted molar refractivity (Wildman–Crippen MR) is 83.8 cm³/mol. The Morgan fingerprint density at radius 2 is 2.00 bits per heavy atom. The van der Waals surface area contributed by atoms with Crippen LogP contribution in [-0.2, 0) is 0 Å². The van der Waals surface area contributed by atoms with E-state index in [1.807, 2.05) is 6.07 Å². The van der Waals surface area contributed by atoms with E-state index in [4.69, 9.17) is 5.11 Å². The Hall–Kier alpha value is -0.970. The summed E-state index contributed by atoms with van der Waals surface area (Å²) in [5.74, 6) is -0.174. The number of likely N-dealkylation sites (tertiary alicyclic amines) is 1. The first-order valence-electron chi connectivity index (χ1n) is 8.12. The average molecular weight is 294 g/mol. The lowest BCUT2D eigenvalue weighted by Gasteiger charge is -2.35. The fourth-order valence-electron chi connectivity index (χ4n) is 3.10. The third-order valence-corrected chi connectivity index (χ3v) is 4.19. The molecule has 3 nitrogen and oxygen atoms in total. The van der Waals surface area contributed by atoms with Crippen molar-refractivity contribution in [1.29, 1.82) is 0 Å². The minimum Gasteiger partial charge on any atom is -0.395 e. The number of benzene rings is 1. The van der Waals surface area contributed by atoms with Gasteiger partial charge in [-0.25, -0.2) is 4.39 Å². The standard InChI is InChI=1S/C13H18FNO.C4H9N/c14-12-5-3-4-11(10-12)13-6-1-2-7-15(13)8-9-16;1-2-4-5-3-1/h3-5,10,13,16H,1-2,6-9H2;5H,1-4H2. The Bertz CT molecular complexity index is 400. The highest BCUT2D eigenvalue weighted by atomic mass is 19.1. The topological polar surface area (TPSA) is 35.5 Å². The molecule has 0 aromatic heterocycles. The largest absolute Gasteiger partial charge is 0.395 e. The summed E-state index contributed by atoms with van der Waals surface area (Å²) >= 11 is 0. The summed E-state index contributed by atoms with van der Waals surface area (Å²) in [4.78, 5) is 2.25. The smallest absolute Gasteiger partial charge is 0.123 e. The van der Waals surface area contributed by atoms with Gasteiger partial charge in [0.15, 0.2) is 0 Å². The zero-order valence-electron chi connectivity index (χ0n) is 12.7. The van der Waals surface area contributed by atoms with E-state index in [2.05, 4.69) is 10.2 Å². The minimum atomic E-state index is -0.174. The molecule has 0 radical (unpaired) electrons. The van der Waals surface area contributed by atoms with Crippen LogP contribution in [0.25, 0.3) is 0 Å². The van der Waals surface area contributed by atoms with E-state index in [-0.39, 0.29) is 18.5 Å². The normalized spacial score (nSPS) is 22.7. The molecule has 2 saturated heterocycles. The first kappa shape index (κ1) is 16.4. The molecule has 4 heteroatoms. The molecule has 1 atom stereocenters. The minimum absolute atomic E-state index is 0.172. The van der Waals surface area contributed by atoms with Gasteiger partial charge in [-0.3, -0.25) is 4.90 Å². The van der Waals surface area contributed by atoms with E-state index >= 15 is 0 Å². The SMILES string of the molecule is C1CCNC1.OCCN1CCCCC1c1cccc(F)c1. The summed E-state index contributed by atoms with van der Waals surface area (Å²) < 4.78 is 13.2. The highest BCUT2D eigenvalue weighted by Gasteiger charge is 2.23. The number of rotatable bonds is 3. The van der Waals surface area contributed by atoms with Crippen LogP contribution in [0.2, 0.25) is 0 Å². The molecule has 3 rings (SSSR count). The van der Waals surface area contributed by atoms with Gasteiger partial charge in [0.05, 0.1) is 6.61 Å². The van der Waals surface area contributed by atoms with Gasteiger partial charge in [0.2, 0.25) is 0 Å². The molecular weight excluding hydrogens is 267 g/mol. The number of piperidine rings is 1. The molecule has 0 aliphatic carbocycles. The van der Waals surface area contributed by atoms with E-state index in [9.17, 15) is 4.39 Å². The Morgan fingerprint density at radius 1 is 1.19 bits per heavy atom. The second kappa shape index (κ2) is 9.13. The van der Waals surface area contributed by atoms with Gasteiger partial charge in [-0.1, -0.05) is 18.6 Å². The maximum Gasteiger partial charge on any atom is 0.123 e. The van der Waals surface area contributed by atoms with Crippen molar-refractivity contribution >= 4 is 0 Å². The molecular formula is C17H27FN2O. The molecule has 2 fully saturated rings. The first-order chi connectivity index (χ1) is 10.3. The van der Waals surface area contributed by atoms with Crippen molar-refractivity contribution in [3.05, 3.63) is 35.6 Å². The molecule has 118 valence electrons. The second-order valence-corrected chi connectivity index (χ2v) is 5.78. The summed E-state index contributed by atoms with van der Waals surface area (Å²) in [5, 5.41) is 12.2. The van der Waals surface area contributed by atoms with E-state index in [0.29, 0.717) is 6.54 Å². The monoisotopic (exact) mass is 294 g/mol. The van der Waals surface area contributed by atoms with Gasteiger partial charge in [0.25, 0.3) is 0 Å². The van der Waals surface area contributed by atoms with E-state index in [1.54, 1.807) is 12.1 Å². The van der Waals surface area contributed by atoms with Crippen molar-refractivity contribution < 1.29 is 9.50 Å². The van der Waals surface area contributed by atoms with Crippen LogP contribution in [0.4, 0.5) is 4.39 Å². The van der Waals surface area contributed by atoms with E-state index in [1.165, 1.54) is 44.8 Å². The summed E-state index contributed by atoms with van der Waals surface area (Å²) in [5.41, 5.74) is 1.04. The van der Waals surface area contributed by atoms with Gasteiger partial charge in [-0.15, -0.1) is 0 Å². The zero-order valence-corrected chi connectivity index (χ0v) is 12.7. The number of hydrogen-bond donors (Lipinski definition) is 2. The maximum atomic E-state index is 13.2. The number of nitrogens with zero attached hydrogens (tertiary/aromatic N) is 1.